The molecule has 0 spiro atoms. The Morgan fingerprint density at radius 3 is 1.20 bits per heavy atom. The summed E-state index contributed by atoms with van der Waals surface area (Å²) in [6.45, 7) is 18.9. The maximum absolute atomic E-state index is 4.09. The number of rotatable bonds is 11. The second-order valence-corrected chi connectivity index (χ2v) is 17.2. The van der Waals surface area contributed by atoms with Gasteiger partial charge in [0.25, 0.3) is 0 Å². The van der Waals surface area contributed by atoms with Crippen LogP contribution in [-0.4, -0.2) is 16.1 Å². The molecule has 3 heteroatoms. The molecular weight excluding hydrogens is 373 g/mol. The van der Waals surface area contributed by atoms with Crippen LogP contribution in [0.4, 0.5) is 0 Å². The summed E-state index contributed by atoms with van der Waals surface area (Å²) < 4.78 is 0. The van der Waals surface area contributed by atoms with Crippen molar-refractivity contribution in [2.24, 2.45) is 0 Å². The zero-order valence-corrected chi connectivity index (χ0v) is 21.3. The Kier molecular flexibility index (Phi) is 14.0. The van der Waals surface area contributed by atoms with Gasteiger partial charge in [-0.1, -0.05) is 94.0 Å². The van der Waals surface area contributed by atoms with E-state index in [1.54, 1.807) is 0 Å². The molecule has 0 aromatic carbocycles. The molecule has 0 atom stereocenters. The SMILES string of the molecule is [CH2-]CCC[C-]([Si](CC)(CC)CC)[Si](CC)(CC)CC.[Cd+2]. The monoisotopic (exact) mass is 412 g/mol. The third-order valence-electron chi connectivity index (χ3n) is 6.02. The molecule has 0 N–H and O–H groups in total. The maximum Gasteiger partial charge on any atom is 2.00 e. The number of unbranched alkanes of at least 4 members (excludes halogenated alkanes) is 1. The second kappa shape index (κ2) is 11.9. The van der Waals surface area contributed by atoms with Gasteiger partial charge in [0.05, 0.1) is 0 Å². The van der Waals surface area contributed by atoms with Gasteiger partial charge in [-0.2, -0.15) is 12.8 Å². The van der Waals surface area contributed by atoms with E-state index in [0.29, 0.717) is 0 Å². The van der Waals surface area contributed by atoms with E-state index in [9.17, 15) is 0 Å². The largest absolute Gasteiger partial charge is 2.00 e. The van der Waals surface area contributed by atoms with Crippen LogP contribution < -0.4 is 0 Å². The second-order valence-electron chi connectivity index (χ2n) is 6.12. The summed E-state index contributed by atoms with van der Waals surface area (Å²) in [6.07, 6.45) is 3.87. The van der Waals surface area contributed by atoms with Crippen molar-refractivity contribution in [1.82, 2.24) is 0 Å². The first-order valence-electron chi connectivity index (χ1n) is 8.72. The molecular formula is C17H38CdSi2. The topological polar surface area (TPSA) is 0 Å². The quantitative estimate of drug-likeness (QED) is 0.264. The molecule has 0 nitrogen and oxygen atoms in total. The minimum absolute atomic E-state index is 0. The van der Waals surface area contributed by atoms with Gasteiger partial charge in [-0.25, -0.2) is 0 Å². The minimum atomic E-state index is -1.13. The van der Waals surface area contributed by atoms with Crippen molar-refractivity contribution in [3.05, 3.63) is 12.1 Å². The van der Waals surface area contributed by atoms with Crippen molar-refractivity contribution in [3.63, 3.8) is 0 Å². The summed E-state index contributed by atoms with van der Waals surface area (Å²) in [6, 6.07) is 8.84. The van der Waals surface area contributed by atoms with E-state index in [-0.39, 0.29) is 27.3 Å². The fourth-order valence-corrected chi connectivity index (χ4v) is 18.8. The van der Waals surface area contributed by atoms with Gasteiger partial charge in [0, 0.05) is 0 Å². The van der Waals surface area contributed by atoms with Gasteiger partial charge < -0.3 is 12.1 Å². The standard InChI is InChI=1S/C17H38Si2.Cd/c1-8-15-16-17(18(9-2,10-3)11-4)19(12-5,13-6)14-7;/h1,8-16H2,2-7H3;/q-2;+2. The van der Waals surface area contributed by atoms with Crippen molar-refractivity contribution in [3.8, 4) is 0 Å². The van der Waals surface area contributed by atoms with E-state index in [2.05, 4.69) is 53.6 Å². The first kappa shape index (κ1) is 23.6. The van der Waals surface area contributed by atoms with E-state index < -0.39 is 16.1 Å². The molecule has 0 aliphatic carbocycles. The predicted molar refractivity (Wildman–Crippen MR) is 96.8 cm³/mol. The molecule has 0 amide bonds. The van der Waals surface area contributed by atoms with Crippen LogP contribution in [0.3, 0.4) is 0 Å². The van der Waals surface area contributed by atoms with Crippen LogP contribution >= 0.6 is 0 Å². The minimum Gasteiger partial charge on any atom is -0.343 e. The number of hydrogen-bond donors (Lipinski definition) is 0. The van der Waals surface area contributed by atoms with Gasteiger partial charge in [-0.15, -0.1) is 6.42 Å². The van der Waals surface area contributed by atoms with Crippen LogP contribution in [0.15, 0.2) is 0 Å². The normalized spacial score (nSPS) is 12.6. The summed E-state index contributed by atoms with van der Waals surface area (Å²) in [5, 5.41) is 2.16. The van der Waals surface area contributed by atoms with Crippen molar-refractivity contribution in [2.75, 3.05) is 0 Å². The molecule has 0 fully saturated rings. The summed E-state index contributed by atoms with van der Waals surface area (Å²) in [5.41, 5.74) is 0. The molecule has 0 aromatic heterocycles. The molecule has 0 saturated heterocycles. The van der Waals surface area contributed by atoms with Crippen LogP contribution in [0, 0.1) is 12.1 Å². The van der Waals surface area contributed by atoms with E-state index in [4.69, 9.17) is 0 Å². The number of hydrogen-bond acceptors (Lipinski definition) is 0. The molecule has 0 rings (SSSR count). The molecule has 0 saturated carbocycles. The van der Waals surface area contributed by atoms with Crippen LogP contribution in [-0.2, 0) is 27.3 Å². The van der Waals surface area contributed by atoms with E-state index in [1.807, 2.05) is 0 Å². The van der Waals surface area contributed by atoms with Gasteiger partial charge in [0.1, 0.15) is 0 Å². The molecule has 0 heterocycles. The third kappa shape index (κ3) is 5.22. The maximum atomic E-state index is 4.09. The molecule has 116 valence electrons. The van der Waals surface area contributed by atoms with Crippen LogP contribution in [0.25, 0.3) is 0 Å². The Morgan fingerprint density at radius 2 is 1.00 bits per heavy atom. The van der Waals surface area contributed by atoms with Crippen molar-refractivity contribution < 1.29 is 27.3 Å². The Labute approximate surface area is 152 Å². The summed E-state index contributed by atoms with van der Waals surface area (Å²) in [4.78, 5) is 0. The zero-order chi connectivity index (χ0) is 14.9. The molecule has 20 heavy (non-hydrogen) atoms. The molecule has 0 aromatic rings. The van der Waals surface area contributed by atoms with Crippen LogP contribution in [0.5, 0.6) is 0 Å². The fraction of sp³-hybridized carbons (Fsp3) is 0.882. The molecule has 0 bridgehead atoms. The van der Waals surface area contributed by atoms with E-state index in [1.165, 1.54) is 49.1 Å². The predicted octanol–water partition coefficient (Wildman–Crippen LogP) is 6.66. The van der Waals surface area contributed by atoms with Crippen molar-refractivity contribution in [2.45, 2.75) is 97.1 Å². The Balaban J connectivity index is 0. The third-order valence-corrected chi connectivity index (χ3v) is 20.4. The average molecular weight is 411 g/mol. The average Bonchev–Trinajstić information content (AvgIpc) is 2.48. The summed E-state index contributed by atoms with van der Waals surface area (Å²) in [5.74, 6) is 0. The summed E-state index contributed by atoms with van der Waals surface area (Å²) >= 11 is 0. The van der Waals surface area contributed by atoms with Gasteiger partial charge in [0.2, 0.25) is 0 Å². The molecule has 0 radical (unpaired) electrons. The first-order chi connectivity index (χ1) is 9.06. The van der Waals surface area contributed by atoms with Gasteiger partial charge in [-0.3, -0.25) is 0 Å². The van der Waals surface area contributed by atoms with Gasteiger partial charge in [-0.05, 0) is 0 Å². The van der Waals surface area contributed by atoms with Crippen molar-refractivity contribution >= 4 is 16.1 Å². The first-order valence-corrected chi connectivity index (χ1v) is 14.0. The zero-order valence-electron chi connectivity index (χ0n) is 15.3. The fourth-order valence-electron chi connectivity index (χ4n) is 4.17. The molecule has 0 aliphatic rings. The summed E-state index contributed by atoms with van der Waals surface area (Å²) in [7, 11) is -2.26. The molecule has 0 unspecified atom stereocenters. The van der Waals surface area contributed by atoms with Gasteiger partial charge >= 0.3 is 27.3 Å². The van der Waals surface area contributed by atoms with Gasteiger partial charge in [0.15, 0.2) is 0 Å². The van der Waals surface area contributed by atoms with E-state index >= 15 is 0 Å². The Morgan fingerprint density at radius 1 is 0.700 bits per heavy atom. The van der Waals surface area contributed by atoms with E-state index in [0.717, 1.165) is 6.42 Å². The van der Waals surface area contributed by atoms with Crippen LogP contribution in [0.1, 0.15) is 60.8 Å². The van der Waals surface area contributed by atoms with Crippen molar-refractivity contribution in [1.29, 1.82) is 0 Å². The van der Waals surface area contributed by atoms with Crippen LogP contribution in [0.2, 0.25) is 36.3 Å². The molecule has 0 aliphatic heterocycles. The smallest absolute Gasteiger partial charge is 0.343 e. The Bertz CT molecular complexity index is 187. The Hall–Kier alpha value is 1.36.